The molecule has 0 spiro atoms. The molecule has 0 amide bonds. The van der Waals surface area contributed by atoms with E-state index in [1.807, 2.05) is 41.5 Å². The summed E-state index contributed by atoms with van der Waals surface area (Å²) in [7, 11) is 0. The normalized spacial score (nSPS) is 12.1. The zero-order chi connectivity index (χ0) is 16.5. The van der Waals surface area contributed by atoms with Crippen LogP contribution in [0.5, 0.6) is 0 Å². The summed E-state index contributed by atoms with van der Waals surface area (Å²) in [6.07, 6.45) is 4.05. The molecular weight excluding hydrogens is 268 g/mol. The van der Waals surface area contributed by atoms with Crippen molar-refractivity contribution in [3.63, 3.8) is 0 Å². The van der Waals surface area contributed by atoms with E-state index in [-0.39, 0.29) is 11.9 Å². The number of rotatable bonds is 10. The minimum Gasteiger partial charge on any atom is -0.465 e. The number of ether oxygens (including phenoxy) is 2. The molecule has 0 saturated carbocycles. The Labute approximate surface area is 129 Å². The van der Waals surface area contributed by atoms with Crippen molar-refractivity contribution in [2.45, 2.75) is 73.6 Å². The molecule has 124 valence electrons. The van der Waals surface area contributed by atoms with E-state index < -0.39 is 10.8 Å². The van der Waals surface area contributed by atoms with E-state index in [1.54, 1.807) is 0 Å². The van der Waals surface area contributed by atoms with Gasteiger partial charge in [-0.1, -0.05) is 13.8 Å². The molecule has 4 nitrogen and oxygen atoms in total. The van der Waals surface area contributed by atoms with Crippen LogP contribution in [0, 0.1) is 10.8 Å². The fraction of sp³-hybridized carbons (Fsp3) is 0.882. The molecule has 0 aromatic rings. The number of hydrogen-bond acceptors (Lipinski definition) is 4. The molecule has 0 fully saturated rings. The Morgan fingerprint density at radius 1 is 0.714 bits per heavy atom. The SMILES string of the molecule is CCC(C)(C)C(=O)OCCCCCOC(=O)C(C)(C)CC. The van der Waals surface area contributed by atoms with Crippen molar-refractivity contribution in [3.8, 4) is 0 Å². The van der Waals surface area contributed by atoms with Crippen LogP contribution >= 0.6 is 0 Å². The van der Waals surface area contributed by atoms with Crippen LogP contribution in [0.2, 0.25) is 0 Å². The van der Waals surface area contributed by atoms with Crippen LogP contribution in [-0.2, 0) is 19.1 Å². The predicted octanol–water partition coefficient (Wildman–Crippen LogP) is 4.12. The van der Waals surface area contributed by atoms with E-state index in [1.165, 1.54) is 0 Å². The largest absolute Gasteiger partial charge is 0.465 e. The van der Waals surface area contributed by atoms with Crippen molar-refractivity contribution in [2.24, 2.45) is 10.8 Å². The van der Waals surface area contributed by atoms with E-state index in [9.17, 15) is 9.59 Å². The lowest BCUT2D eigenvalue weighted by Gasteiger charge is -2.20. The standard InChI is InChI=1S/C17H32O4/c1-7-16(3,4)14(18)20-12-10-9-11-13-21-15(19)17(5,6)8-2/h7-13H2,1-6H3. The molecule has 0 saturated heterocycles. The second-order valence-electron chi connectivity index (χ2n) is 6.81. The lowest BCUT2D eigenvalue weighted by atomic mass is 9.91. The van der Waals surface area contributed by atoms with Gasteiger partial charge in [-0.05, 0) is 59.8 Å². The van der Waals surface area contributed by atoms with Gasteiger partial charge in [0.1, 0.15) is 0 Å². The summed E-state index contributed by atoms with van der Waals surface area (Å²) < 4.78 is 10.5. The third kappa shape index (κ3) is 7.49. The summed E-state index contributed by atoms with van der Waals surface area (Å²) >= 11 is 0. The highest BCUT2D eigenvalue weighted by atomic mass is 16.5. The second kappa shape index (κ2) is 9.06. The minimum absolute atomic E-state index is 0.138. The number of carbonyl (C=O) groups is 2. The Bertz CT molecular complexity index is 300. The van der Waals surface area contributed by atoms with Gasteiger partial charge in [-0.2, -0.15) is 0 Å². The Kier molecular flexibility index (Phi) is 8.60. The molecule has 0 atom stereocenters. The van der Waals surface area contributed by atoms with Gasteiger partial charge in [-0.15, -0.1) is 0 Å². The van der Waals surface area contributed by atoms with Crippen molar-refractivity contribution in [2.75, 3.05) is 13.2 Å². The predicted molar refractivity (Wildman–Crippen MR) is 83.9 cm³/mol. The maximum absolute atomic E-state index is 11.7. The van der Waals surface area contributed by atoms with Crippen molar-refractivity contribution in [1.29, 1.82) is 0 Å². The van der Waals surface area contributed by atoms with Gasteiger partial charge in [0.25, 0.3) is 0 Å². The van der Waals surface area contributed by atoms with E-state index in [0.29, 0.717) is 13.2 Å². The molecule has 0 aromatic heterocycles. The highest BCUT2D eigenvalue weighted by molar-refractivity contribution is 5.76. The number of carbonyl (C=O) groups excluding carboxylic acids is 2. The number of hydrogen-bond donors (Lipinski definition) is 0. The highest BCUT2D eigenvalue weighted by Crippen LogP contribution is 2.22. The third-order valence-electron chi connectivity index (χ3n) is 4.13. The zero-order valence-electron chi connectivity index (χ0n) is 14.6. The van der Waals surface area contributed by atoms with E-state index in [4.69, 9.17) is 9.47 Å². The van der Waals surface area contributed by atoms with Crippen LogP contribution in [0.15, 0.2) is 0 Å². The van der Waals surface area contributed by atoms with Crippen molar-refractivity contribution < 1.29 is 19.1 Å². The molecule has 0 aliphatic heterocycles. The molecule has 0 radical (unpaired) electrons. The first kappa shape index (κ1) is 19.9. The summed E-state index contributed by atoms with van der Waals surface area (Å²) in [6, 6.07) is 0. The first-order valence-electron chi connectivity index (χ1n) is 8.02. The maximum atomic E-state index is 11.7. The summed E-state index contributed by atoms with van der Waals surface area (Å²) in [5, 5.41) is 0. The molecule has 0 aromatic carbocycles. The Morgan fingerprint density at radius 2 is 1.05 bits per heavy atom. The second-order valence-corrected chi connectivity index (χ2v) is 6.81. The number of unbranched alkanes of at least 4 members (excludes halogenated alkanes) is 2. The average molecular weight is 300 g/mol. The highest BCUT2D eigenvalue weighted by Gasteiger charge is 2.27. The topological polar surface area (TPSA) is 52.6 Å². The Morgan fingerprint density at radius 3 is 1.33 bits per heavy atom. The van der Waals surface area contributed by atoms with Crippen LogP contribution in [0.25, 0.3) is 0 Å². The molecule has 0 bridgehead atoms. The smallest absolute Gasteiger partial charge is 0.311 e. The fourth-order valence-corrected chi connectivity index (χ4v) is 1.39. The summed E-state index contributed by atoms with van der Waals surface area (Å²) in [6.45, 7) is 12.4. The molecule has 0 unspecified atom stereocenters. The first-order valence-corrected chi connectivity index (χ1v) is 8.02. The lowest BCUT2D eigenvalue weighted by Crippen LogP contribution is -2.26. The third-order valence-corrected chi connectivity index (χ3v) is 4.13. The van der Waals surface area contributed by atoms with Crippen molar-refractivity contribution >= 4 is 11.9 Å². The quantitative estimate of drug-likeness (QED) is 0.450. The van der Waals surface area contributed by atoms with Crippen molar-refractivity contribution in [1.82, 2.24) is 0 Å². The molecular formula is C17H32O4. The summed E-state index contributed by atoms with van der Waals surface area (Å²) in [5.41, 5.74) is -0.803. The first-order chi connectivity index (χ1) is 9.67. The summed E-state index contributed by atoms with van der Waals surface area (Å²) in [4.78, 5) is 23.5. The van der Waals surface area contributed by atoms with E-state index in [0.717, 1.165) is 32.1 Å². The van der Waals surface area contributed by atoms with Crippen LogP contribution in [0.3, 0.4) is 0 Å². The van der Waals surface area contributed by atoms with Gasteiger partial charge in [0, 0.05) is 0 Å². The van der Waals surface area contributed by atoms with Gasteiger partial charge in [0.15, 0.2) is 0 Å². The minimum atomic E-state index is -0.402. The van der Waals surface area contributed by atoms with Gasteiger partial charge in [0.05, 0.1) is 24.0 Å². The van der Waals surface area contributed by atoms with Gasteiger partial charge in [-0.25, -0.2) is 0 Å². The lowest BCUT2D eigenvalue weighted by molar-refractivity contribution is -0.154. The fourth-order valence-electron chi connectivity index (χ4n) is 1.39. The van der Waals surface area contributed by atoms with E-state index >= 15 is 0 Å². The monoisotopic (exact) mass is 300 g/mol. The van der Waals surface area contributed by atoms with E-state index in [2.05, 4.69) is 0 Å². The maximum Gasteiger partial charge on any atom is 0.311 e. The van der Waals surface area contributed by atoms with Crippen LogP contribution < -0.4 is 0 Å². The molecule has 0 aliphatic rings. The molecule has 0 N–H and O–H groups in total. The Balaban J connectivity index is 3.67. The summed E-state index contributed by atoms with van der Waals surface area (Å²) in [5.74, 6) is -0.276. The van der Waals surface area contributed by atoms with Gasteiger partial charge in [-0.3, -0.25) is 9.59 Å². The average Bonchev–Trinajstić information content (AvgIpc) is 2.45. The molecule has 0 rings (SSSR count). The molecule has 0 aliphatic carbocycles. The molecule has 0 heterocycles. The van der Waals surface area contributed by atoms with Gasteiger partial charge < -0.3 is 9.47 Å². The van der Waals surface area contributed by atoms with Crippen LogP contribution in [-0.4, -0.2) is 25.2 Å². The molecule has 4 heteroatoms. The number of esters is 2. The van der Waals surface area contributed by atoms with Gasteiger partial charge in [0.2, 0.25) is 0 Å². The van der Waals surface area contributed by atoms with Crippen LogP contribution in [0.1, 0.15) is 73.6 Å². The van der Waals surface area contributed by atoms with Gasteiger partial charge >= 0.3 is 11.9 Å². The van der Waals surface area contributed by atoms with Crippen LogP contribution in [0.4, 0.5) is 0 Å². The zero-order valence-corrected chi connectivity index (χ0v) is 14.6. The Hall–Kier alpha value is -1.06. The molecule has 21 heavy (non-hydrogen) atoms. The van der Waals surface area contributed by atoms with Crippen molar-refractivity contribution in [3.05, 3.63) is 0 Å².